The van der Waals surface area contributed by atoms with Gasteiger partial charge in [-0.3, -0.25) is 4.79 Å². The first-order valence-electron chi connectivity index (χ1n) is 5.54. The lowest BCUT2D eigenvalue weighted by Gasteiger charge is -2.12. The van der Waals surface area contributed by atoms with Crippen LogP contribution >= 0.6 is 0 Å². The SMILES string of the molecule is CCCc1c(C=O)[nH]c2c1CCCC2. The van der Waals surface area contributed by atoms with Gasteiger partial charge in [0, 0.05) is 5.69 Å². The van der Waals surface area contributed by atoms with Gasteiger partial charge in [-0.25, -0.2) is 0 Å². The monoisotopic (exact) mass is 191 g/mol. The van der Waals surface area contributed by atoms with Crippen molar-refractivity contribution in [1.29, 1.82) is 0 Å². The molecule has 1 N–H and O–H groups in total. The molecule has 2 nitrogen and oxygen atoms in total. The standard InChI is InChI=1S/C12H17NO/c1-2-5-9-10-6-3-4-7-11(10)13-12(9)8-14/h8,13H,2-7H2,1H3. The van der Waals surface area contributed by atoms with Crippen molar-refractivity contribution >= 4 is 6.29 Å². The summed E-state index contributed by atoms with van der Waals surface area (Å²) < 4.78 is 0. The van der Waals surface area contributed by atoms with E-state index >= 15 is 0 Å². The van der Waals surface area contributed by atoms with E-state index in [1.165, 1.54) is 29.7 Å². The van der Waals surface area contributed by atoms with Crippen molar-refractivity contribution in [3.8, 4) is 0 Å². The fraction of sp³-hybridized carbons (Fsp3) is 0.583. The average Bonchev–Trinajstić information content (AvgIpc) is 2.58. The van der Waals surface area contributed by atoms with E-state index in [0.29, 0.717) is 0 Å². The van der Waals surface area contributed by atoms with Gasteiger partial charge in [0.25, 0.3) is 0 Å². The molecule has 0 bridgehead atoms. The van der Waals surface area contributed by atoms with Crippen molar-refractivity contribution in [2.24, 2.45) is 0 Å². The maximum Gasteiger partial charge on any atom is 0.166 e. The smallest absolute Gasteiger partial charge is 0.166 e. The average molecular weight is 191 g/mol. The van der Waals surface area contributed by atoms with Gasteiger partial charge in [0.15, 0.2) is 6.29 Å². The highest BCUT2D eigenvalue weighted by Gasteiger charge is 2.18. The maximum atomic E-state index is 10.9. The zero-order valence-electron chi connectivity index (χ0n) is 8.73. The third-order valence-electron chi connectivity index (χ3n) is 3.06. The van der Waals surface area contributed by atoms with Crippen LogP contribution in [0.5, 0.6) is 0 Å². The molecule has 14 heavy (non-hydrogen) atoms. The van der Waals surface area contributed by atoms with Crippen LogP contribution in [-0.4, -0.2) is 11.3 Å². The van der Waals surface area contributed by atoms with Crippen LogP contribution in [0.2, 0.25) is 0 Å². The molecule has 0 radical (unpaired) electrons. The minimum atomic E-state index is 0.832. The molecule has 1 aromatic heterocycles. The Morgan fingerprint density at radius 3 is 2.86 bits per heavy atom. The molecule has 0 aromatic carbocycles. The second-order valence-electron chi connectivity index (χ2n) is 4.05. The van der Waals surface area contributed by atoms with Crippen molar-refractivity contribution in [1.82, 2.24) is 4.98 Å². The largest absolute Gasteiger partial charge is 0.356 e. The Morgan fingerprint density at radius 1 is 1.36 bits per heavy atom. The number of rotatable bonds is 3. The number of H-pyrrole nitrogens is 1. The molecule has 76 valence electrons. The van der Waals surface area contributed by atoms with E-state index in [1.54, 1.807) is 0 Å². The van der Waals surface area contributed by atoms with E-state index in [9.17, 15) is 4.79 Å². The highest BCUT2D eigenvalue weighted by Crippen LogP contribution is 2.27. The van der Waals surface area contributed by atoms with Crippen LogP contribution < -0.4 is 0 Å². The Balaban J connectivity index is 2.42. The van der Waals surface area contributed by atoms with Crippen molar-refractivity contribution in [2.75, 3.05) is 0 Å². The van der Waals surface area contributed by atoms with Crippen LogP contribution in [0.3, 0.4) is 0 Å². The first-order chi connectivity index (χ1) is 6.86. The Kier molecular flexibility index (Phi) is 2.71. The fourth-order valence-corrected chi connectivity index (χ4v) is 2.41. The number of nitrogens with one attached hydrogen (secondary N) is 1. The minimum absolute atomic E-state index is 0.832. The Labute approximate surface area is 84.7 Å². The van der Waals surface area contributed by atoms with E-state index in [-0.39, 0.29) is 0 Å². The molecule has 1 heterocycles. The summed E-state index contributed by atoms with van der Waals surface area (Å²) in [6.45, 7) is 2.16. The molecule has 2 heteroatoms. The molecule has 0 atom stereocenters. The lowest BCUT2D eigenvalue weighted by atomic mass is 9.93. The van der Waals surface area contributed by atoms with Gasteiger partial charge in [-0.05, 0) is 43.2 Å². The number of fused-ring (bicyclic) bond motifs is 1. The number of hydrogen-bond acceptors (Lipinski definition) is 1. The van der Waals surface area contributed by atoms with E-state index in [4.69, 9.17) is 0 Å². The highest BCUT2D eigenvalue weighted by molar-refractivity contribution is 5.76. The summed E-state index contributed by atoms with van der Waals surface area (Å²) in [5.74, 6) is 0. The molecule has 1 aliphatic carbocycles. The zero-order valence-corrected chi connectivity index (χ0v) is 8.73. The first kappa shape index (κ1) is 9.50. The van der Waals surface area contributed by atoms with E-state index in [0.717, 1.165) is 37.7 Å². The van der Waals surface area contributed by atoms with Crippen molar-refractivity contribution < 1.29 is 4.79 Å². The topological polar surface area (TPSA) is 32.9 Å². The number of aromatic nitrogens is 1. The van der Waals surface area contributed by atoms with Crippen LogP contribution in [0.15, 0.2) is 0 Å². The lowest BCUT2D eigenvalue weighted by molar-refractivity contribution is 0.111. The van der Waals surface area contributed by atoms with E-state index in [1.807, 2.05) is 0 Å². The first-order valence-corrected chi connectivity index (χ1v) is 5.54. The van der Waals surface area contributed by atoms with Gasteiger partial charge >= 0.3 is 0 Å². The third-order valence-corrected chi connectivity index (χ3v) is 3.06. The summed E-state index contributed by atoms with van der Waals surface area (Å²) in [4.78, 5) is 14.2. The van der Waals surface area contributed by atoms with Crippen molar-refractivity contribution in [3.05, 3.63) is 22.5 Å². The molecule has 0 fully saturated rings. The molecule has 1 aromatic rings. The molecule has 0 unspecified atom stereocenters. The second kappa shape index (κ2) is 3.99. The minimum Gasteiger partial charge on any atom is -0.356 e. The molecule has 0 amide bonds. The molecule has 0 saturated heterocycles. The number of aryl methyl sites for hydroxylation is 1. The fourth-order valence-electron chi connectivity index (χ4n) is 2.41. The number of hydrogen-bond donors (Lipinski definition) is 1. The van der Waals surface area contributed by atoms with E-state index in [2.05, 4.69) is 11.9 Å². The number of carbonyl (C=O) groups excluding carboxylic acids is 1. The zero-order chi connectivity index (χ0) is 9.97. The van der Waals surface area contributed by atoms with Gasteiger partial charge < -0.3 is 4.98 Å². The van der Waals surface area contributed by atoms with Crippen molar-refractivity contribution in [3.63, 3.8) is 0 Å². The molecule has 0 aliphatic heterocycles. The normalized spacial score (nSPS) is 15.2. The van der Waals surface area contributed by atoms with Gasteiger partial charge in [0.2, 0.25) is 0 Å². The number of carbonyl (C=O) groups is 1. The summed E-state index contributed by atoms with van der Waals surface area (Å²) in [5, 5.41) is 0. The molecular formula is C12H17NO. The molecular weight excluding hydrogens is 174 g/mol. The van der Waals surface area contributed by atoms with Crippen LogP contribution in [0.1, 0.15) is 53.5 Å². The quantitative estimate of drug-likeness (QED) is 0.732. The van der Waals surface area contributed by atoms with Gasteiger partial charge in [-0.15, -0.1) is 0 Å². The van der Waals surface area contributed by atoms with Gasteiger partial charge in [-0.1, -0.05) is 13.3 Å². The molecule has 1 aliphatic rings. The highest BCUT2D eigenvalue weighted by atomic mass is 16.1. The van der Waals surface area contributed by atoms with Crippen LogP contribution in [-0.2, 0) is 19.3 Å². The Bertz CT molecular complexity index is 338. The van der Waals surface area contributed by atoms with Crippen molar-refractivity contribution in [2.45, 2.75) is 45.4 Å². The number of aldehydes is 1. The molecule has 0 saturated carbocycles. The third kappa shape index (κ3) is 1.49. The summed E-state index contributed by atoms with van der Waals surface area (Å²) >= 11 is 0. The maximum absolute atomic E-state index is 10.9. The molecule has 0 spiro atoms. The Morgan fingerprint density at radius 2 is 2.14 bits per heavy atom. The summed E-state index contributed by atoms with van der Waals surface area (Å²) in [7, 11) is 0. The number of aromatic amines is 1. The van der Waals surface area contributed by atoms with Crippen LogP contribution in [0, 0.1) is 0 Å². The predicted octanol–water partition coefficient (Wildman–Crippen LogP) is 2.66. The van der Waals surface area contributed by atoms with Crippen LogP contribution in [0.4, 0.5) is 0 Å². The van der Waals surface area contributed by atoms with E-state index < -0.39 is 0 Å². The van der Waals surface area contributed by atoms with Crippen LogP contribution in [0.25, 0.3) is 0 Å². The van der Waals surface area contributed by atoms with Gasteiger partial charge in [0.1, 0.15) is 0 Å². The summed E-state index contributed by atoms with van der Waals surface area (Å²) in [6.07, 6.45) is 7.96. The molecule has 2 rings (SSSR count). The Hall–Kier alpha value is -1.05. The van der Waals surface area contributed by atoms with Gasteiger partial charge in [0.05, 0.1) is 5.69 Å². The lowest BCUT2D eigenvalue weighted by Crippen LogP contribution is -2.02. The van der Waals surface area contributed by atoms with Gasteiger partial charge in [-0.2, -0.15) is 0 Å². The summed E-state index contributed by atoms with van der Waals surface area (Å²) in [5.41, 5.74) is 4.89. The summed E-state index contributed by atoms with van der Waals surface area (Å²) in [6, 6.07) is 0. The second-order valence-corrected chi connectivity index (χ2v) is 4.05. The predicted molar refractivity (Wildman–Crippen MR) is 56.8 cm³/mol.